The minimum Gasteiger partial charge on any atom is -0.348 e. The van der Waals surface area contributed by atoms with Crippen LogP contribution in [0.25, 0.3) is 0 Å². The van der Waals surface area contributed by atoms with Crippen LogP contribution in [0, 0.1) is 0 Å². The average molecular weight is 289 g/mol. The number of amides is 1. The van der Waals surface area contributed by atoms with E-state index in [-0.39, 0.29) is 5.91 Å². The van der Waals surface area contributed by atoms with E-state index >= 15 is 0 Å². The van der Waals surface area contributed by atoms with Crippen molar-refractivity contribution in [1.29, 1.82) is 0 Å². The lowest BCUT2D eigenvalue weighted by atomic mass is 10.2. The van der Waals surface area contributed by atoms with Gasteiger partial charge in [0, 0.05) is 16.0 Å². The van der Waals surface area contributed by atoms with E-state index in [1.54, 1.807) is 18.2 Å². The van der Waals surface area contributed by atoms with Gasteiger partial charge in [-0.25, -0.2) is 0 Å². The van der Waals surface area contributed by atoms with Gasteiger partial charge in [-0.1, -0.05) is 23.8 Å². The van der Waals surface area contributed by atoms with E-state index in [1.165, 1.54) is 0 Å². The summed E-state index contributed by atoms with van der Waals surface area (Å²) >= 11 is 9.06. The van der Waals surface area contributed by atoms with Gasteiger partial charge in [-0.3, -0.25) is 4.79 Å². The zero-order valence-electron chi connectivity index (χ0n) is 8.31. The van der Waals surface area contributed by atoms with Gasteiger partial charge in [0.1, 0.15) is 0 Å². The third kappa shape index (κ3) is 3.68. The van der Waals surface area contributed by atoms with Gasteiger partial charge in [-0.05, 0) is 41.1 Å². The number of rotatable bonds is 3. The molecule has 80 valence electrons. The van der Waals surface area contributed by atoms with Gasteiger partial charge < -0.3 is 5.32 Å². The van der Waals surface area contributed by atoms with Crippen molar-refractivity contribution in [2.24, 2.45) is 0 Å². The highest BCUT2D eigenvalue weighted by molar-refractivity contribution is 9.10. The molecule has 0 aliphatic carbocycles. The van der Waals surface area contributed by atoms with E-state index in [0.29, 0.717) is 21.6 Å². The van der Waals surface area contributed by atoms with Gasteiger partial charge in [0.2, 0.25) is 0 Å². The molecule has 0 saturated heterocycles. The largest absolute Gasteiger partial charge is 0.348 e. The number of carbonyl (C=O) groups is 1. The number of hydrogen-bond acceptors (Lipinski definition) is 1. The van der Waals surface area contributed by atoms with Crippen molar-refractivity contribution in [3.63, 3.8) is 0 Å². The Morgan fingerprint density at radius 1 is 1.60 bits per heavy atom. The minimum absolute atomic E-state index is 0.137. The summed E-state index contributed by atoms with van der Waals surface area (Å²) in [5.74, 6) is -0.137. The molecule has 0 aliphatic rings. The lowest BCUT2D eigenvalue weighted by molar-refractivity contribution is 0.0956. The van der Waals surface area contributed by atoms with Gasteiger partial charge in [0.25, 0.3) is 5.91 Å². The maximum atomic E-state index is 11.7. The molecule has 1 aromatic rings. The Morgan fingerprint density at radius 2 is 2.27 bits per heavy atom. The number of carbonyl (C=O) groups excluding carboxylic acids is 1. The molecule has 4 heteroatoms. The van der Waals surface area contributed by atoms with Gasteiger partial charge in [-0.2, -0.15) is 0 Å². The first-order valence-electron chi connectivity index (χ1n) is 4.38. The third-order valence-electron chi connectivity index (χ3n) is 1.73. The molecular weight excluding hydrogens is 277 g/mol. The van der Waals surface area contributed by atoms with Crippen LogP contribution in [0.5, 0.6) is 0 Å². The molecule has 2 nitrogen and oxygen atoms in total. The number of halogens is 2. The zero-order valence-corrected chi connectivity index (χ0v) is 10.7. The summed E-state index contributed by atoms with van der Waals surface area (Å²) in [6.07, 6.45) is 0. The van der Waals surface area contributed by atoms with Crippen molar-refractivity contribution in [3.05, 3.63) is 45.4 Å². The summed E-state index contributed by atoms with van der Waals surface area (Å²) in [6.45, 7) is 6.05. The van der Waals surface area contributed by atoms with Crippen molar-refractivity contribution in [2.75, 3.05) is 6.54 Å². The highest BCUT2D eigenvalue weighted by atomic mass is 79.9. The average Bonchev–Trinajstić information content (AvgIpc) is 2.14. The predicted molar refractivity (Wildman–Crippen MR) is 66.3 cm³/mol. The first-order chi connectivity index (χ1) is 7.00. The van der Waals surface area contributed by atoms with Crippen molar-refractivity contribution in [1.82, 2.24) is 5.32 Å². The van der Waals surface area contributed by atoms with E-state index in [9.17, 15) is 4.79 Å². The second-order valence-corrected chi connectivity index (χ2v) is 4.55. The van der Waals surface area contributed by atoms with Crippen molar-refractivity contribution >= 4 is 33.4 Å². The highest BCUT2D eigenvalue weighted by Gasteiger charge is 2.09. The van der Waals surface area contributed by atoms with Gasteiger partial charge >= 0.3 is 0 Å². The number of benzene rings is 1. The van der Waals surface area contributed by atoms with Crippen molar-refractivity contribution in [3.8, 4) is 0 Å². The molecule has 0 atom stereocenters. The van der Waals surface area contributed by atoms with Crippen LogP contribution in [0.3, 0.4) is 0 Å². The van der Waals surface area contributed by atoms with Crippen LogP contribution in [-0.4, -0.2) is 12.5 Å². The molecule has 1 aromatic carbocycles. The maximum absolute atomic E-state index is 11.7. The summed E-state index contributed by atoms with van der Waals surface area (Å²) in [5.41, 5.74) is 1.48. The Labute approximate surface area is 102 Å². The van der Waals surface area contributed by atoms with E-state index in [2.05, 4.69) is 27.8 Å². The van der Waals surface area contributed by atoms with Gasteiger partial charge in [0.05, 0.1) is 5.56 Å². The van der Waals surface area contributed by atoms with Gasteiger partial charge in [-0.15, -0.1) is 0 Å². The molecule has 1 N–H and O–H groups in total. The molecule has 0 aromatic heterocycles. The monoisotopic (exact) mass is 287 g/mol. The Bertz CT molecular complexity index is 404. The van der Waals surface area contributed by atoms with E-state index in [1.807, 2.05) is 6.92 Å². The lowest BCUT2D eigenvalue weighted by Crippen LogP contribution is -2.25. The second-order valence-electron chi connectivity index (χ2n) is 3.26. The fourth-order valence-corrected chi connectivity index (χ4v) is 1.86. The van der Waals surface area contributed by atoms with E-state index in [4.69, 9.17) is 11.6 Å². The molecule has 0 bridgehead atoms. The van der Waals surface area contributed by atoms with Crippen molar-refractivity contribution in [2.45, 2.75) is 6.92 Å². The van der Waals surface area contributed by atoms with Crippen LogP contribution in [-0.2, 0) is 0 Å². The summed E-state index contributed by atoms with van der Waals surface area (Å²) in [4.78, 5) is 11.7. The van der Waals surface area contributed by atoms with Crippen LogP contribution in [0.4, 0.5) is 0 Å². The Morgan fingerprint density at radius 3 is 2.80 bits per heavy atom. The Kier molecular flexibility index (Phi) is 4.36. The SMILES string of the molecule is C=C(C)CNC(=O)c1ccc(Cl)cc1Br. The minimum atomic E-state index is -0.137. The molecule has 0 fully saturated rings. The first-order valence-corrected chi connectivity index (χ1v) is 5.55. The predicted octanol–water partition coefficient (Wildman–Crippen LogP) is 3.41. The van der Waals surface area contributed by atoms with Crippen LogP contribution >= 0.6 is 27.5 Å². The molecule has 15 heavy (non-hydrogen) atoms. The summed E-state index contributed by atoms with van der Waals surface area (Å²) in [5, 5.41) is 3.34. The fourth-order valence-electron chi connectivity index (χ4n) is 1.00. The molecule has 0 spiro atoms. The molecule has 0 saturated carbocycles. The molecule has 0 radical (unpaired) electrons. The third-order valence-corrected chi connectivity index (χ3v) is 2.62. The summed E-state index contributed by atoms with van der Waals surface area (Å²) in [7, 11) is 0. The van der Waals surface area contributed by atoms with E-state index in [0.717, 1.165) is 5.57 Å². The van der Waals surface area contributed by atoms with Crippen molar-refractivity contribution < 1.29 is 4.79 Å². The lowest BCUT2D eigenvalue weighted by Gasteiger charge is -2.06. The standard InChI is InChI=1S/C11H11BrClNO/c1-7(2)6-14-11(15)9-4-3-8(13)5-10(9)12/h3-5H,1,6H2,2H3,(H,14,15). The first kappa shape index (κ1) is 12.3. The summed E-state index contributed by atoms with van der Waals surface area (Å²) in [6, 6.07) is 5.05. The molecule has 0 unspecified atom stereocenters. The normalized spacial score (nSPS) is 9.80. The summed E-state index contributed by atoms with van der Waals surface area (Å²) < 4.78 is 0.689. The second kappa shape index (κ2) is 5.33. The quantitative estimate of drug-likeness (QED) is 0.849. The molecule has 1 rings (SSSR count). The Balaban J connectivity index is 2.78. The van der Waals surface area contributed by atoms with Crippen LogP contribution in [0.15, 0.2) is 34.8 Å². The molecule has 1 amide bonds. The fraction of sp³-hybridized carbons (Fsp3) is 0.182. The Hall–Kier alpha value is -0.800. The van der Waals surface area contributed by atoms with Crippen LogP contribution in [0.2, 0.25) is 5.02 Å². The molecular formula is C11H11BrClNO. The van der Waals surface area contributed by atoms with Crippen LogP contribution < -0.4 is 5.32 Å². The molecule has 0 aliphatic heterocycles. The van der Waals surface area contributed by atoms with Gasteiger partial charge in [0.15, 0.2) is 0 Å². The zero-order chi connectivity index (χ0) is 11.4. The smallest absolute Gasteiger partial charge is 0.252 e. The maximum Gasteiger partial charge on any atom is 0.252 e. The van der Waals surface area contributed by atoms with Crippen LogP contribution in [0.1, 0.15) is 17.3 Å². The molecule has 0 heterocycles. The van der Waals surface area contributed by atoms with E-state index < -0.39 is 0 Å². The number of hydrogen-bond donors (Lipinski definition) is 1. The highest BCUT2D eigenvalue weighted by Crippen LogP contribution is 2.21. The topological polar surface area (TPSA) is 29.1 Å². The number of nitrogens with one attached hydrogen (secondary N) is 1.